The van der Waals surface area contributed by atoms with Gasteiger partial charge >= 0.3 is 0 Å². The molecule has 0 aliphatic carbocycles. The summed E-state index contributed by atoms with van der Waals surface area (Å²) in [6, 6.07) is 0. The summed E-state index contributed by atoms with van der Waals surface area (Å²) in [7, 11) is -3.44. The minimum atomic E-state index is -3.44. The molecule has 1 amide bonds. The largest absolute Gasteiger partial charge is 0.330 e. The van der Waals surface area contributed by atoms with E-state index in [0.717, 1.165) is 0 Å². The third-order valence-electron chi connectivity index (χ3n) is 1.57. The molecule has 0 saturated carbocycles. The van der Waals surface area contributed by atoms with Gasteiger partial charge in [-0.1, -0.05) is 0 Å². The Labute approximate surface area is 71.2 Å². The van der Waals surface area contributed by atoms with Crippen LogP contribution in [0.25, 0.3) is 0 Å². The van der Waals surface area contributed by atoms with Crippen LogP contribution in [0, 0.1) is 0 Å². The Kier molecular flexibility index (Phi) is 2.69. The maximum atomic E-state index is 10.9. The molecule has 0 radical (unpaired) electrons. The fraction of sp³-hybridized carbons (Fsp3) is 0.833. The summed E-state index contributed by atoms with van der Waals surface area (Å²) in [4.78, 5) is 10.6. The van der Waals surface area contributed by atoms with E-state index in [2.05, 4.69) is 9.50 Å². The molecule has 70 valence electrons. The first-order chi connectivity index (χ1) is 5.53. The number of carbonyl (C=O) groups is 1. The van der Waals surface area contributed by atoms with Gasteiger partial charge in [-0.25, -0.2) is 4.18 Å². The number of rotatable bonds is 3. The van der Waals surface area contributed by atoms with Crippen LogP contribution in [0.4, 0.5) is 0 Å². The zero-order chi connectivity index (χ0) is 9.19. The first kappa shape index (κ1) is 9.47. The lowest BCUT2D eigenvalue weighted by Gasteiger charge is -2.09. The minimum absolute atomic E-state index is 0.0701. The van der Waals surface area contributed by atoms with Crippen LogP contribution in [-0.4, -0.2) is 26.3 Å². The molecule has 0 aromatic carbocycles. The van der Waals surface area contributed by atoms with E-state index < -0.39 is 16.3 Å². The molecule has 0 spiro atoms. The van der Waals surface area contributed by atoms with Crippen molar-refractivity contribution < 1.29 is 17.4 Å². The van der Waals surface area contributed by atoms with Gasteiger partial charge in [-0.3, -0.25) is 4.79 Å². The van der Waals surface area contributed by atoms with Crippen molar-refractivity contribution in [3.05, 3.63) is 0 Å². The van der Waals surface area contributed by atoms with E-state index in [1.807, 2.05) is 0 Å². The topological polar surface area (TPSA) is 72.5 Å². The second kappa shape index (κ2) is 3.40. The van der Waals surface area contributed by atoms with Crippen molar-refractivity contribution >= 4 is 16.0 Å². The SMILES string of the molecule is CCS(=O)(=O)O[C@H]1CCC(=O)N1. The fourth-order valence-corrected chi connectivity index (χ4v) is 1.54. The quantitative estimate of drug-likeness (QED) is 0.618. The van der Waals surface area contributed by atoms with E-state index in [1.165, 1.54) is 6.92 Å². The molecule has 12 heavy (non-hydrogen) atoms. The van der Waals surface area contributed by atoms with Crippen molar-refractivity contribution in [1.82, 2.24) is 5.32 Å². The Morgan fingerprint density at radius 3 is 2.75 bits per heavy atom. The van der Waals surface area contributed by atoms with Crippen molar-refractivity contribution in [3.63, 3.8) is 0 Å². The van der Waals surface area contributed by atoms with Gasteiger partial charge in [-0.15, -0.1) is 0 Å². The Bertz CT molecular complexity index is 271. The summed E-state index contributed by atoms with van der Waals surface area (Å²) >= 11 is 0. The zero-order valence-electron chi connectivity index (χ0n) is 6.74. The van der Waals surface area contributed by atoms with Crippen LogP contribution < -0.4 is 5.32 Å². The first-order valence-electron chi connectivity index (χ1n) is 3.74. The van der Waals surface area contributed by atoms with Crippen LogP contribution in [0.3, 0.4) is 0 Å². The number of nitrogens with one attached hydrogen (secondary N) is 1. The molecule has 1 saturated heterocycles. The molecule has 1 rings (SSSR count). The standard InChI is InChI=1S/C6H11NO4S/c1-2-12(9,10)11-6-4-3-5(8)7-6/h6H,2-4H2,1H3,(H,7,8)/t6-/m0/s1. The Balaban J connectivity index is 2.48. The van der Waals surface area contributed by atoms with Crippen molar-refractivity contribution in [3.8, 4) is 0 Å². The molecule has 5 nitrogen and oxygen atoms in total. The zero-order valence-corrected chi connectivity index (χ0v) is 7.56. The van der Waals surface area contributed by atoms with Gasteiger partial charge in [0.05, 0.1) is 5.75 Å². The highest BCUT2D eigenvalue weighted by Crippen LogP contribution is 2.10. The molecule has 0 aromatic rings. The molecule has 1 fully saturated rings. The van der Waals surface area contributed by atoms with E-state index in [1.54, 1.807) is 0 Å². The van der Waals surface area contributed by atoms with E-state index in [0.29, 0.717) is 12.8 Å². The lowest BCUT2D eigenvalue weighted by atomic mass is 10.4. The molecular weight excluding hydrogens is 182 g/mol. The molecule has 1 aliphatic rings. The number of carbonyl (C=O) groups excluding carboxylic acids is 1. The average molecular weight is 193 g/mol. The first-order valence-corrected chi connectivity index (χ1v) is 5.31. The molecule has 1 heterocycles. The van der Waals surface area contributed by atoms with Crippen molar-refractivity contribution in [2.45, 2.75) is 26.0 Å². The monoisotopic (exact) mass is 193 g/mol. The van der Waals surface area contributed by atoms with E-state index in [-0.39, 0.29) is 11.7 Å². The molecular formula is C6H11NO4S. The maximum absolute atomic E-state index is 10.9. The Morgan fingerprint density at radius 1 is 1.67 bits per heavy atom. The highest BCUT2D eigenvalue weighted by molar-refractivity contribution is 7.86. The van der Waals surface area contributed by atoms with Gasteiger partial charge in [0, 0.05) is 12.8 Å². The molecule has 1 N–H and O–H groups in total. The van der Waals surface area contributed by atoms with Gasteiger partial charge < -0.3 is 5.32 Å². The number of hydrogen-bond donors (Lipinski definition) is 1. The second-order valence-corrected chi connectivity index (χ2v) is 4.42. The van der Waals surface area contributed by atoms with Gasteiger partial charge in [0.2, 0.25) is 5.91 Å². The van der Waals surface area contributed by atoms with E-state index >= 15 is 0 Å². The van der Waals surface area contributed by atoms with Gasteiger partial charge in [0.1, 0.15) is 6.23 Å². The molecule has 0 unspecified atom stereocenters. The predicted molar refractivity (Wildman–Crippen MR) is 41.7 cm³/mol. The Hall–Kier alpha value is -0.620. The summed E-state index contributed by atoms with van der Waals surface area (Å²) < 4.78 is 26.4. The molecule has 1 atom stereocenters. The molecule has 6 heteroatoms. The smallest absolute Gasteiger partial charge is 0.269 e. The average Bonchev–Trinajstić information content (AvgIpc) is 2.35. The van der Waals surface area contributed by atoms with Crippen molar-refractivity contribution in [2.75, 3.05) is 5.75 Å². The third kappa shape index (κ3) is 2.46. The lowest BCUT2D eigenvalue weighted by molar-refractivity contribution is -0.119. The highest BCUT2D eigenvalue weighted by Gasteiger charge is 2.25. The second-order valence-electron chi connectivity index (χ2n) is 2.54. The number of hydrogen-bond acceptors (Lipinski definition) is 4. The van der Waals surface area contributed by atoms with Crippen LogP contribution in [0.5, 0.6) is 0 Å². The molecule has 0 aromatic heterocycles. The summed E-state index contributed by atoms with van der Waals surface area (Å²) in [5, 5.41) is 2.40. The van der Waals surface area contributed by atoms with Gasteiger partial charge in [-0.05, 0) is 6.92 Å². The summed E-state index contributed by atoms with van der Waals surface area (Å²) in [5.74, 6) is -0.231. The van der Waals surface area contributed by atoms with Crippen LogP contribution in [0.2, 0.25) is 0 Å². The van der Waals surface area contributed by atoms with Crippen LogP contribution >= 0.6 is 0 Å². The molecule has 1 aliphatic heterocycles. The molecule has 0 bridgehead atoms. The number of amides is 1. The van der Waals surface area contributed by atoms with Crippen LogP contribution in [0.15, 0.2) is 0 Å². The third-order valence-corrected chi connectivity index (χ3v) is 2.80. The van der Waals surface area contributed by atoms with Crippen LogP contribution in [-0.2, 0) is 19.1 Å². The van der Waals surface area contributed by atoms with Gasteiger partial charge in [0.15, 0.2) is 0 Å². The van der Waals surface area contributed by atoms with E-state index in [9.17, 15) is 13.2 Å². The summed E-state index contributed by atoms with van der Waals surface area (Å²) in [6.07, 6.45) is 0.115. The maximum Gasteiger partial charge on any atom is 0.269 e. The fourth-order valence-electron chi connectivity index (χ4n) is 0.903. The summed E-state index contributed by atoms with van der Waals surface area (Å²) in [5.41, 5.74) is 0. The van der Waals surface area contributed by atoms with Gasteiger partial charge in [-0.2, -0.15) is 8.42 Å². The predicted octanol–water partition coefficient (Wildman–Crippen LogP) is -0.411. The lowest BCUT2D eigenvalue weighted by Crippen LogP contribution is -2.30. The van der Waals surface area contributed by atoms with E-state index in [4.69, 9.17) is 0 Å². The van der Waals surface area contributed by atoms with Crippen LogP contribution in [0.1, 0.15) is 19.8 Å². The van der Waals surface area contributed by atoms with Crippen molar-refractivity contribution in [1.29, 1.82) is 0 Å². The van der Waals surface area contributed by atoms with Crippen molar-refractivity contribution in [2.24, 2.45) is 0 Å². The van der Waals surface area contributed by atoms with Gasteiger partial charge in [0.25, 0.3) is 10.1 Å². The normalized spacial score (nSPS) is 24.1. The Morgan fingerprint density at radius 2 is 2.33 bits per heavy atom. The minimum Gasteiger partial charge on any atom is -0.330 e. The summed E-state index contributed by atoms with van der Waals surface area (Å²) in [6.45, 7) is 1.49. The highest BCUT2D eigenvalue weighted by atomic mass is 32.2.